The molecule has 7 aromatic rings. The summed E-state index contributed by atoms with van der Waals surface area (Å²) in [5.74, 6) is 0. The van der Waals surface area contributed by atoms with Crippen LogP contribution in [0.2, 0.25) is 0 Å². The minimum atomic E-state index is 0.285. The minimum absolute atomic E-state index is 0.285. The summed E-state index contributed by atoms with van der Waals surface area (Å²) in [6.07, 6.45) is 8.44. The van der Waals surface area contributed by atoms with E-state index in [1.54, 1.807) is 30.4 Å². The highest BCUT2D eigenvalue weighted by Gasteiger charge is 2.19. The Morgan fingerprint density at radius 1 is 0.522 bits per heavy atom. The number of rotatable bonds is 8. The Hall–Kier alpha value is -6.12. The normalized spacial score (nSPS) is 11.7. The molecule has 2 nitrogen and oxygen atoms in total. The monoisotopic (exact) mass is 588 g/mol. The SMILES string of the molecule is C=C/C=C\C(=N)C(=C)/C=C\C(=N)c1ccc2c(-c3cc4ccccc4c4ccccc34)c3ccccc3c(-c3ccccc3)c2c1. The Labute approximate surface area is 269 Å². The highest BCUT2D eigenvalue weighted by atomic mass is 14.4. The third-order valence-corrected chi connectivity index (χ3v) is 8.63. The molecule has 0 unspecified atom stereocenters. The number of fused-ring (bicyclic) bond motifs is 5. The first-order valence-electron chi connectivity index (χ1n) is 15.3. The molecule has 46 heavy (non-hydrogen) atoms. The topological polar surface area (TPSA) is 47.7 Å². The van der Waals surface area contributed by atoms with Crippen LogP contribution in [0, 0.1) is 10.8 Å². The molecule has 7 rings (SSSR count). The van der Waals surface area contributed by atoms with Crippen LogP contribution in [-0.4, -0.2) is 11.4 Å². The van der Waals surface area contributed by atoms with Crippen molar-refractivity contribution >= 4 is 54.5 Å². The molecule has 0 aliphatic heterocycles. The van der Waals surface area contributed by atoms with Gasteiger partial charge in [0.05, 0.1) is 11.4 Å². The molecule has 0 amide bonds. The van der Waals surface area contributed by atoms with Crippen LogP contribution in [0.3, 0.4) is 0 Å². The van der Waals surface area contributed by atoms with Crippen LogP contribution < -0.4 is 0 Å². The largest absolute Gasteiger partial charge is 0.300 e. The second kappa shape index (κ2) is 12.1. The Balaban J connectivity index is 1.52. The van der Waals surface area contributed by atoms with Crippen molar-refractivity contribution in [3.05, 3.63) is 182 Å². The van der Waals surface area contributed by atoms with Crippen LogP contribution >= 0.6 is 0 Å². The first-order chi connectivity index (χ1) is 22.5. The van der Waals surface area contributed by atoms with Crippen LogP contribution in [0.15, 0.2) is 177 Å². The second-order valence-corrected chi connectivity index (χ2v) is 11.4. The van der Waals surface area contributed by atoms with Crippen LogP contribution in [0.1, 0.15) is 5.56 Å². The first-order valence-corrected chi connectivity index (χ1v) is 15.3. The summed E-state index contributed by atoms with van der Waals surface area (Å²) >= 11 is 0. The molecule has 0 atom stereocenters. The summed E-state index contributed by atoms with van der Waals surface area (Å²) < 4.78 is 0. The number of hydrogen-bond acceptors (Lipinski definition) is 2. The molecular formula is C44H32N2. The number of allylic oxidation sites excluding steroid dienone is 6. The minimum Gasteiger partial charge on any atom is -0.300 e. The molecule has 0 saturated carbocycles. The van der Waals surface area contributed by atoms with Gasteiger partial charge in [-0.25, -0.2) is 0 Å². The van der Waals surface area contributed by atoms with Crippen molar-refractivity contribution in [3.8, 4) is 22.3 Å². The van der Waals surface area contributed by atoms with Gasteiger partial charge in [-0.2, -0.15) is 0 Å². The fraction of sp³-hybridized carbons (Fsp3) is 0. The van der Waals surface area contributed by atoms with Crippen LogP contribution in [0.4, 0.5) is 0 Å². The molecule has 0 heterocycles. The predicted molar refractivity (Wildman–Crippen MR) is 200 cm³/mol. The molecule has 0 radical (unpaired) electrons. The van der Waals surface area contributed by atoms with Gasteiger partial charge in [0.2, 0.25) is 0 Å². The van der Waals surface area contributed by atoms with Crippen molar-refractivity contribution in [3.63, 3.8) is 0 Å². The van der Waals surface area contributed by atoms with E-state index < -0.39 is 0 Å². The maximum atomic E-state index is 9.00. The number of hydrogen-bond donors (Lipinski definition) is 2. The second-order valence-electron chi connectivity index (χ2n) is 11.4. The smallest absolute Gasteiger partial charge is 0.0612 e. The molecule has 2 N–H and O–H groups in total. The summed E-state index contributed by atoms with van der Waals surface area (Å²) in [5, 5.41) is 26.7. The maximum absolute atomic E-state index is 9.00. The fourth-order valence-corrected chi connectivity index (χ4v) is 6.45. The summed E-state index contributed by atoms with van der Waals surface area (Å²) in [7, 11) is 0. The van der Waals surface area contributed by atoms with Gasteiger partial charge >= 0.3 is 0 Å². The van der Waals surface area contributed by atoms with Gasteiger partial charge in [-0.1, -0.05) is 147 Å². The van der Waals surface area contributed by atoms with Gasteiger partial charge in [-0.3, -0.25) is 0 Å². The Morgan fingerprint density at radius 2 is 1.13 bits per heavy atom. The van der Waals surface area contributed by atoms with E-state index in [4.69, 9.17) is 10.8 Å². The van der Waals surface area contributed by atoms with Crippen LogP contribution in [0.25, 0.3) is 65.3 Å². The van der Waals surface area contributed by atoms with E-state index in [1.165, 1.54) is 43.4 Å². The van der Waals surface area contributed by atoms with Crippen LogP contribution in [0.5, 0.6) is 0 Å². The van der Waals surface area contributed by atoms with Gasteiger partial charge in [0.1, 0.15) is 0 Å². The zero-order valence-corrected chi connectivity index (χ0v) is 25.4. The van der Waals surface area contributed by atoms with E-state index in [-0.39, 0.29) is 5.71 Å². The highest BCUT2D eigenvalue weighted by molar-refractivity contribution is 6.26. The Kier molecular flexibility index (Phi) is 7.54. The Morgan fingerprint density at radius 3 is 1.87 bits per heavy atom. The van der Waals surface area contributed by atoms with Crippen molar-refractivity contribution in [2.24, 2.45) is 0 Å². The van der Waals surface area contributed by atoms with Crippen molar-refractivity contribution < 1.29 is 0 Å². The Bertz CT molecular complexity index is 2420. The molecule has 0 bridgehead atoms. The van der Waals surface area contributed by atoms with Gasteiger partial charge in [-0.15, -0.1) is 0 Å². The fourth-order valence-electron chi connectivity index (χ4n) is 6.45. The van der Waals surface area contributed by atoms with Gasteiger partial charge in [-0.05, 0) is 95.2 Å². The molecule has 0 aliphatic carbocycles. The number of benzene rings is 7. The lowest BCUT2D eigenvalue weighted by Crippen LogP contribution is -1.98. The van der Waals surface area contributed by atoms with Gasteiger partial charge in [0.25, 0.3) is 0 Å². The van der Waals surface area contributed by atoms with E-state index in [9.17, 15) is 0 Å². The van der Waals surface area contributed by atoms with Crippen LogP contribution in [-0.2, 0) is 0 Å². The van der Waals surface area contributed by atoms with Gasteiger partial charge < -0.3 is 10.8 Å². The van der Waals surface area contributed by atoms with Crippen molar-refractivity contribution in [2.45, 2.75) is 0 Å². The lowest BCUT2D eigenvalue weighted by molar-refractivity contribution is 1.49. The van der Waals surface area contributed by atoms with Crippen molar-refractivity contribution in [1.82, 2.24) is 0 Å². The van der Waals surface area contributed by atoms with Gasteiger partial charge in [0.15, 0.2) is 0 Å². The molecule has 218 valence electrons. The molecule has 2 heteroatoms. The van der Waals surface area contributed by atoms with E-state index in [0.717, 1.165) is 27.5 Å². The summed E-state index contributed by atoms with van der Waals surface area (Å²) in [6.45, 7) is 7.68. The predicted octanol–water partition coefficient (Wildman–Crippen LogP) is 11.9. The summed E-state index contributed by atoms with van der Waals surface area (Å²) in [4.78, 5) is 0. The van der Waals surface area contributed by atoms with Crippen molar-refractivity contribution in [2.75, 3.05) is 0 Å². The third kappa shape index (κ3) is 5.06. The van der Waals surface area contributed by atoms with Gasteiger partial charge in [0, 0.05) is 5.56 Å². The average Bonchev–Trinajstić information content (AvgIpc) is 3.11. The maximum Gasteiger partial charge on any atom is 0.0612 e. The van der Waals surface area contributed by atoms with E-state index in [0.29, 0.717) is 11.3 Å². The van der Waals surface area contributed by atoms with E-state index >= 15 is 0 Å². The molecule has 0 fully saturated rings. The molecule has 0 aliphatic rings. The first kappa shape index (κ1) is 28.6. The zero-order chi connectivity index (χ0) is 31.6. The summed E-state index contributed by atoms with van der Waals surface area (Å²) in [6, 6.07) is 45.2. The van der Waals surface area contributed by atoms with Crippen molar-refractivity contribution in [1.29, 1.82) is 10.8 Å². The zero-order valence-electron chi connectivity index (χ0n) is 25.4. The summed E-state index contributed by atoms with van der Waals surface area (Å²) in [5.41, 5.74) is 6.64. The molecule has 0 saturated heterocycles. The lowest BCUT2D eigenvalue weighted by Gasteiger charge is -2.20. The standard InChI is InChI=1S/C44H32N2/c1-3-4-22-41(45)29(2)23-26-42(46)32-24-25-38-40(28-32)43(30-14-6-5-7-15-30)36-20-12-13-21-37(36)44(38)39-27-31-16-8-9-17-33(31)34-18-10-11-19-35(34)39/h3-28,45-46H,1-2H2/b22-4-,26-23-,45-41?,46-42?. The number of nitrogens with one attached hydrogen (secondary N) is 2. The average molecular weight is 589 g/mol. The quantitative estimate of drug-likeness (QED) is 0.0768. The molecule has 0 spiro atoms. The molecular weight excluding hydrogens is 556 g/mol. The van der Waals surface area contributed by atoms with E-state index in [1.807, 2.05) is 12.1 Å². The highest BCUT2D eigenvalue weighted by Crippen LogP contribution is 2.46. The molecule has 0 aromatic heterocycles. The molecule has 7 aromatic carbocycles. The lowest BCUT2D eigenvalue weighted by atomic mass is 9.83. The van der Waals surface area contributed by atoms with E-state index in [2.05, 4.69) is 128 Å². The third-order valence-electron chi connectivity index (χ3n) is 8.63.